The highest BCUT2D eigenvalue weighted by Gasteiger charge is 2.11. The molecule has 1 heterocycles. The third-order valence-electron chi connectivity index (χ3n) is 4.45. The van der Waals surface area contributed by atoms with Gasteiger partial charge >= 0.3 is 18.0 Å². The van der Waals surface area contributed by atoms with Crippen molar-refractivity contribution in [2.75, 3.05) is 6.61 Å². The van der Waals surface area contributed by atoms with Crippen molar-refractivity contribution in [1.82, 2.24) is 15.0 Å². The second-order valence-electron chi connectivity index (χ2n) is 6.86. The van der Waals surface area contributed by atoms with Gasteiger partial charge in [0.25, 0.3) is 0 Å². The fourth-order valence-electron chi connectivity index (χ4n) is 2.84. The Bertz CT molecular complexity index is 1000. The second kappa shape index (κ2) is 10.7. The van der Waals surface area contributed by atoms with Crippen LogP contribution in [0.1, 0.15) is 17.5 Å². The quantitative estimate of drug-likeness (QED) is 0.500. The van der Waals surface area contributed by atoms with Crippen molar-refractivity contribution >= 4 is 0 Å². The lowest BCUT2D eigenvalue weighted by Crippen LogP contribution is -2.09. The first-order valence-electron chi connectivity index (χ1n) is 10.1. The molecule has 0 atom stereocenters. The second-order valence-corrected chi connectivity index (χ2v) is 6.86. The van der Waals surface area contributed by atoms with E-state index in [4.69, 9.17) is 14.2 Å². The van der Waals surface area contributed by atoms with Crippen LogP contribution < -0.4 is 14.2 Å². The van der Waals surface area contributed by atoms with Crippen molar-refractivity contribution in [2.24, 2.45) is 0 Å². The molecule has 31 heavy (non-hydrogen) atoms. The molecule has 0 aliphatic heterocycles. The molecule has 0 saturated heterocycles. The molecular weight excluding hydrogens is 390 g/mol. The fraction of sp³-hybridized carbons (Fsp3) is 0.160. The number of ether oxygens (including phenoxy) is 3. The van der Waals surface area contributed by atoms with Crippen molar-refractivity contribution in [3.63, 3.8) is 0 Å². The molecule has 0 bridgehead atoms. The molecule has 2 aromatic carbocycles. The molecule has 0 amide bonds. The topological polar surface area (TPSA) is 66.4 Å². The first kappa shape index (κ1) is 20.3. The number of benzene rings is 2. The van der Waals surface area contributed by atoms with Crippen LogP contribution in [0.25, 0.3) is 0 Å². The average Bonchev–Trinajstić information content (AvgIpc) is 3.10. The summed E-state index contributed by atoms with van der Waals surface area (Å²) in [5.74, 6) is 0. The van der Waals surface area contributed by atoms with E-state index in [1.165, 1.54) is 0 Å². The first-order valence-corrected chi connectivity index (χ1v) is 10.1. The van der Waals surface area contributed by atoms with E-state index in [9.17, 15) is 0 Å². The fourth-order valence-corrected chi connectivity index (χ4v) is 2.84. The molecule has 6 nitrogen and oxygen atoms in total. The first-order chi connectivity index (χ1) is 15.3. The Hall–Kier alpha value is -3.93. The van der Waals surface area contributed by atoms with Crippen molar-refractivity contribution < 1.29 is 14.2 Å². The Morgan fingerprint density at radius 3 is 1.65 bits per heavy atom. The van der Waals surface area contributed by atoms with Crippen LogP contribution in [0.4, 0.5) is 0 Å². The largest absolute Gasteiger partial charge is 0.459 e. The SMILES string of the molecule is C1=CC=C(COc2nc(OCc3ccccc3)nc(OCc3ccccc3)n2)CC=C1. The van der Waals surface area contributed by atoms with Gasteiger partial charge in [0.1, 0.15) is 19.8 Å². The molecule has 0 spiro atoms. The minimum absolute atomic E-state index is 0.159. The van der Waals surface area contributed by atoms with Crippen molar-refractivity contribution in [3.8, 4) is 18.0 Å². The lowest BCUT2D eigenvalue weighted by molar-refractivity contribution is 0.232. The van der Waals surface area contributed by atoms with E-state index < -0.39 is 0 Å². The zero-order valence-corrected chi connectivity index (χ0v) is 17.1. The van der Waals surface area contributed by atoms with Gasteiger partial charge in [-0.2, -0.15) is 0 Å². The molecule has 1 aliphatic rings. The molecule has 1 aliphatic carbocycles. The van der Waals surface area contributed by atoms with Gasteiger partial charge in [-0.25, -0.2) is 0 Å². The number of hydrogen-bond donors (Lipinski definition) is 0. The van der Waals surface area contributed by atoms with Crippen LogP contribution in [0.15, 0.2) is 96.6 Å². The maximum absolute atomic E-state index is 5.83. The van der Waals surface area contributed by atoms with Gasteiger partial charge in [0.15, 0.2) is 0 Å². The molecule has 1 aromatic heterocycles. The summed E-state index contributed by atoms with van der Waals surface area (Å²) >= 11 is 0. The molecule has 0 N–H and O–H groups in total. The lowest BCUT2D eigenvalue weighted by atomic mass is 10.2. The van der Waals surface area contributed by atoms with E-state index in [1.807, 2.05) is 85.0 Å². The lowest BCUT2D eigenvalue weighted by Gasteiger charge is -2.11. The Morgan fingerprint density at radius 2 is 1.10 bits per heavy atom. The van der Waals surface area contributed by atoms with E-state index in [2.05, 4.69) is 21.0 Å². The Labute approximate surface area is 181 Å². The summed E-state index contributed by atoms with van der Waals surface area (Å²) in [6, 6.07) is 20.1. The van der Waals surface area contributed by atoms with Crippen LogP contribution in [0.3, 0.4) is 0 Å². The van der Waals surface area contributed by atoms with Gasteiger partial charge in [0.05, 0.1) is 0 Å². The molecule has 0 fully saturated rings. The summed E-state index contributed by atoms with van der Waals surface area (Å²) in [6.07, 6.45) is 10.9. The van der Waals surface area contributed by atoms with E-state index >= 15 is 0 Å². The van der Waals surface area contributed by atoms with Crippen LogP contribution in [0.2, 0.25) is 0 Å². The molecule has 0 saturated carbocycles. The van der Waals surface area contributed by atoms with Gasteiger partial charge in [-0.1, -0.05) is 91.0 Å². The number of aromatic nitrogens is 3. The van der Waals surface area contributed by atoms with Crippen molar-refractivity contribution in [1.29, 1.82) is 0 Å². The predicted molar refractivity (Wildman–Crippen MR) is 118 cm³/mol. The summed E-state index contributed by atoms with van der Waals surface area (Å²) in [5.41, 5.74) is 3.14. The summed E-state index contributed by atoms with van der Waals surface area (Å²) < 4.78 is 17.4. The number of hydrogen-bond acceptors (Lipinski definition) is 6. The highest BCUT2D eigenvalue weighted by Crippen LogP contribution is 2.18. The van der Waals surface area contributed by atoms with Crippen LogP contribution >= 0.6 is 0 Å². The highest BCUT2D eigenvalue weighted by atomic mass is 16.5. The number of allylic oxidation sites excluding steroid dienone is 5. The monoisotopic (exact) mass is 413 g/mol. The molecule has 0 unspecified atom stereocenters. The molecule has 6 heteroatoms. The van der Waals surface area contributed by atoms with Crippen LogP contribution in [-0.2, 0) is 13.2 Å². The van der Waals surface area contributed by atoms with E-state index in [0.29, 0.717) is 19.8 Å². The van der Waals surface area contributed by atoms with Gasteiger partial charge in [-0.15, -0.1) is 15.0 Å². The van der Waals surface area contributed by atoms with Crippen LogP contribution in [0.5, 0.6) is 18.0 Å². The maximum atomic E-state index is 5.83. The number of rotatable bonds is 9. The van der Waals surface area contributed by atoms with E-state index in [1.54, 1.807) is 0 Å². The zero-order chi connectivity index (χ0) is 21.1. The number of nitrogens with zero attached hydrogens (tertiary/aromatic N) is 3. The summed E-state index contributed by atoms with van der Waals surface area (Å²) in [6.45, 7) is 1.04. The molecule has 4 rings (SSSR count). The minimum atomic E-state index is 0.159. The van der Waals surface area contributed by atoms with Crippen molar-refractivity contribution in [3.05, 3.63) is 108 Å². The summed E-state index contributed by atoms with van der Waals surface area (Å²) in [4.78, 5) is 12.9. The smallest absolute Gasteiger partial charge is 0.326 e. The highest BCUT2D eigenvalue weighted by molar-refractivity contribution is 5.24. The van der Waals surface area contributed by atoms with Crippen LogP contribution in [-0.4, -0.2) is 21.6 Å². The van der Waals surface area contributed by atoms with Gasteiger partial charge < -0.3 is 14.2 Å². The normalized spacial score (nSPS) is 12.7. The Morgan fingerprint density at radius 1 is 0.581 bits per heavy atom. The molecular formula is C25H23N3O3. The average molecular weight is 413 g/mol. The molecule has 156 valence electrons. The van der Waals surface area contributed by atoms with Crippen molar-refractivity contribution in [2.45, 2.75) is 19.6 Å². The third kappa shape index (κ3) is 6.54. The predicted octanol–water partition coefficient (Wildman–Crippen LogP) is 4.85. The van der Waals surface area contributed by atoms with Gasteiger partial charge in [-0.3, -0.25) is 0 Å². The minimum Gasteiger partial charge on any atom is -0.459 e. The zero-order valence-electron chi connectivity index (χ0n) is 17.1. The Balaban J connectivity index is 1.47. The Kier molecular flexibility index (Phi) is 7.05. The molecule has 0 radical (unpaired) electrons. The van der Waals surface area contributed by atoms with Gasteiger partial charge in [0, 0.05) is 0 Å². The summed E-state index contributed by atoms with van der Waals surface area (Å²) in [7, 11) is 0. The van der Waals surface area contributed by atoms with Gasteiger partial charge in [-0.05, 0) is 23.1 Å². The third-order valence-corrected chi connectivity index (χ3v) is 4.45. The maximum Gasteiger partial charge on any atom is 0.326 e. The van der Waals surface area contributed by atoms with Gasteiger partial charge in [0.2, 0.25) is 0 Å². The van der Waals surface area contributed by atoms with E-state index in [0.717, 1.165) is 23.1 Å². The van der Waals surface area contributed by atoms with E-state index in [-0.39, 0.29) is 18.0 Å². The standard InChI is InChI=1S/C25H23N3O3/c1-2-6-12-20(11-5-1)17-29-23-26-24(30-18-21-13-7-3-8-14-21)28-25(27-23)31-19-22-15-9-4-10-16-22/h1-11,13-16H,12,17-19H2. The van der Waals surface area contributed by atoms with Crippen LogP contribution in [0, 0.1) is 0 Å². The summed E-state index contributed by atoms with van der Waals surface area (Å²) in [5, 5.41) is 0. The molecule has 3 aromatic rings.